The average molecular weight is 308 g/mol. The number of carboxylic acids is 1. The smallest absolute Gasteiger partial charge is 0.418 e. The number of nitrogens with one attached hydrogen (secondary N) is 1. The average Bonchev–Trinajstić information content (AvgIpc) is 2.25. The summed E-state index contributed by atoms with van der Waals surface area (Å²) in [6.45, 7) is 0. The zero-order chi connectivity index (χ0) is 15.6. The molecule has 6 nitrogen and oxygen atoms in total. The fourth-order valence-electron chi connectivity index (χ4n) is 1.30. The monoisotopic (exact) mass is 308 g/mol. The van der Waals surface area contributed by atoms with Crippen molar-refractivity contribution in [3.8, 4) is 6.07 Å². The van der Waals surface area contributed by atoms with Crippen molar-refractivity contribution in [2.75, 3.05) is 10.5 Å². The lowest BCUT2D eigenvalue weighted by Crippen LogP contribution is -2.24. The van der Waals surface area contributed by atoms with Crippen LogP contribution >= 0.6 is 0 Å². The zero-order valence-electron chi connectivity index (χ0n) is 9.60. The highest BCUT2D eigenvalue weighted by molar-refractivity contribution is 7.93. The number of alkyl halides is 3. The van der Waals surface area contributed by atoms with Crippen molar-refractivity contribution in [3.05, 3.63) is 29.3 Å². The quantitative estimate of drug-likeness (QED) is 0.874. The second-order valence-corrected chi connectivity index (χ2v) is 5.35. The van der Waals surface area contributed by atoms with Crippen LogP contribution in [-0.2, 0) is 21.0 Å². The van der Waals surface area contributed by atoms with E-state index in [9.17, 15) is 26.4 Å². The molecule has 0 saturated carbocycles. The number of nitrogens with zero attached hydrogens (tertiary/aromatic N) is 1. The number of hydrogen-bond acceptors (Lipinski definition) is 4. The summed E-state index contributed by atoms with van der Waals surface area (Å²) in [5.41, 5.74) is -2.51. The minimum Gasteiger partial charge on any atom is -0.480 e. The number of benzene rings is 1. The van der Waals surface area contributed by atoms with Crippen molar-refractivity contribution < 1.29 is 31.5 Å². The molecule has 0 fully saturated rings. The third-order valence-corrected chi connectivity index (χ3v) is 3.19. The largest absolute Gasteiger partial charge is 0.480 e. The first-order valence-corrected chi connectivity index (χ1v) is 6.54. The Kier molecular flexibility index (Phi) is 4.24. The molecule has 0 heterocycles. The van der Waals surface area contributed by atoms with Crippen LogP contribution in [0.3, 0.4) is 0 Å². The lowest BCUT2D eigenvalue weighted by atomic mass is 10.1. The van der Waals surface area contributed by atoms with Crippen molar-refractivity contribution >= 4 is 21.7 Å². The number of carboxylic acid groups (broad SMARTS) is 1. The SMILES string of the molecule is N#Cc1ccc(NS(=O)(=O)CC(=O)O)c(C(F)(F)F)c1. The molecular formula is C10H7F3N2O4S. The Morgan fingerprint density at radius 3 is 2.45 bits per heavy atom. The normalized spacial score (nSPS) is 11.7. The maximum Gasteiger partial charge on any atom is 0.418 e. The van der Waals surface area contributed by atoms with Crippen LogP contribution in [-0.4, -0.2) is 25.2 Å². The Balaban J connectivity index is 3.26. The predicted molar refractivity (Wildman–Crippen MR) is 61.2 cm³/mol. The third-order valence-electron chi connectivity index (χ3n) is 2.03. The molecule has 0 unspecified atom stereocenters. The molecule has 0 atom stereocenters. The summed E-state index contributed by atoms with van der Waals surface area (Å²) in [5.74, 6) is -3.08. The molecule has 0 aliphatic rings. The van der Waals surface area contributed by atoms with Crippen LogP contribution < -0.4 is 4.72 Å². The number of halogens is 3. The first kappa shape index (κ1) is 15.8. The molecule has 1 rings (SSSR count). The van der Waals surface area contributed by atoms with E-state index in [1.54, 1.807) is 0 Å². The number of anilines is 1. The van der Waals surface area contributed by atoms with Gasteiger partial charge in [0, 0.05) is 0 Å². The molecule has 0 aliphatic heterocycles. The van der Waals surface area contributed by atoms with Crippen molar-refractivity contribution in [2.24, 2.45) is 0 Å². The minimum atomic E-state index is -4.89. The summed E-state index contributed by atoms with van der Waals surface area (Å²) in [7, 11) is -4.47. The second kappa shape index (κ2) is 5.38. The Bertz CT molecular complexity index is 677. The Labute approximate surface area is 111 Å². The molecule has 0 amide bonds. The lowest BCUT2D eigenvalue weighted by Gasteiger charge is -2.14. The van der Waals surface area contributed by atoms with Gasteiger partial charge in [0.05, 0.1) is 22.9 Å². The van der Waals surface area contributed by atoms with Crippen molar-refractivity contribution in [2.45, 2.75) is 6.18 Å². The molecular weight excluding hydrogens is 301 g/mol. The van der Waals surface area contributed by atoms with Gasteiger partial charge in [-0.15, -0.1) is 0 Å². The van der Waals surface area contributed by atoms with Gasteiger partial charge in [0.15, 0.2) is 5.75 Å². The topological polar surface area (TPSA) is 107 Å². The summed E-state index contributed by atoms with van der Waals surface area (Å²) in [5, 5.41) is 16.9. The molecule has 0 radical (unpaired) electrons. The van der Waals surface area contributed by atoms with Gasteiger partial charge in [-0.2, -0.15) is 18.4 Å². The Morgan fingerprint density at radius 1 is 1.40 bits per heavy atom. The summed E-state index contributed by atoms with van der Waals surface area (Å²) < 4.78 is 62.4. The van der Waals surface area contributed by atoms with Crippen LogP contribution in [0.25, 0.3) is 0 Å². The van der Waals surface area contributed by atoms with E-state index in [4.69, 9.17) is 10.4 Å². The maximum atomic E-state index is 12.7. The van der Waals surface area contributed by atoms with E-state index < -0.39 is 39.2 Å². The van der Waals surface area contributed by atoms with Crippen molar-refractivity contribution in [1.82, 2.24) is 0 Å². The number of aliphatic carboxylic acids is 1. The van der Waals surface area contributed by atoms with Crippen molar-refractivity contribution in [1.29, 1.82) is 5.26 Å². The molecule has 0 aromatic heterocycles. The first-order chi connectivity index (χ1) is 9.05. The van der Waals surface area contributed by atoms with E-state index in [1.165, 1.54) is 10.8 Å². The minimum absolute atomic E-state index is 0.307. The molecule has 20 heavy (non-hydrogen) atoms. The second-order valence-electron chi connectivity index (χ2n) is 3.62. The number of hydrogen-bond donors (Lipinski definition) is 2. The van der Waals surface area contributed by atoms with Gasteiger partial charge in [-0.25, -0.2) is 8.42 Å². The predicted octanol–water partition coefficient (Wildman–Crippen LogP) is 1.40. The maximum absolute atomic E-state index is 12.7. The molecule has 1 aromatic carbocycles. The lowest BCUT2D eigenvalue weighted by molar-refractivity contribution is -0.137. The van der Waals surface area contributed by atoms with Gasteiger partial charge in [-0.3, -0.25) is 9.52 Å². The van der Waals surface area contributed by atoms with E-state index in [-0.39, 0.29) is 5.56 Å². The van der Waals surface area contributed by atoms with Gasteiger partial charge in [-0.1, -0.05) is 0 Å². The number of rotatable bonds is 4. The van der Waals surface area contributed by atoms with Crippen LogP contribution in [0.4, 0.5) is 18.9 Å². The van der Waals surface area contributed by atoms with Gasteiger partial charge < -0.3 is 5.11 Å². The molecule has 1 aromatic rings. The van der Waals surface area contributed by atoms with Crippen LogP contribution in [0.1, 0.15) is 11.1 Å². The van der Waals surface area contributed by atoms with Gasteiger partial charge in [0.25, 0.3) is 0 Å². The van der Waals surface area contributed by atoms with E-state index in [0.29, 0.717) is 6.07 Å². The fraction of sp³-hybridized carbons (Fsp3) is 0.200. The zero-order valence-corrected chi connectivity index (χ0v) is 10.4. The van der Waals surface area contributed by atoms with Gasteiger partial charge in [0.1, 0.15) is 0 Å². The summed E-state index contributed by atoms with van der Waals surface area (Å²) in [6, 6.07) is 3.69. The van der Waals surface area contributed by atoms with E-state index >= 15 is 0 Å². The number of nitriles is 1. The summed E-state index contributed by atoms with van der Waals surface area (Å²) >= 11 is 0. The summed E-state index contributed by atoms with van der Waals surface area (Å²) in [6.07, 6.45) is -4.89. The fourth-order valence-corrected chi connectivity index (χ4v) is 2.21. The van der Waals surface area contributed by atoms with E-state index in [1.807, 2.05) is 0 Å². The van der Waals surface area contributed by atoms with Crippen LogP contribution in [0.5, 0.6) is 0 Å². The summed E-state index contributed by atoms with van der Waals surface area (Å²) in [4.78, 5) is 10.3. The highest BCUT2D eigenvalue weighted by atomic mass is 32.2. The first-order valence-electron chi connectivity index (χ1n) is 4.89. The Hall–Kier alpha value is -2.28. The molecule has 2 N–H and O–H groups in total. The van der Waals surface area contributed by atoms with Crippen molar-refractivity contribution in [3.63, 3.8) is 0 Å². The number of sulfonamides is 1. The Morgan fingerprint density at radius 2 is 2.00 bits per heavy atom. The van der Waals surface area contributed by atoms with Gasteiger partial charge in [-0.05, 0) is 18.2 Å². The molecule has 108 valence electrons. The van der Waals surface area contributed by atoms with Gasteiger partial charge >= 0.3 is 12.1 Å². The van der Waals surface area contributed by atoms with Gasteiger partial charge in [0.2, 0.25) is 10.0 Å². The van der Waals surface area contributed by atoms with E-state index in [2.05, 4.69) is 0 Å². The highest BCUT2D eigenvalue weighted by Crippen LogP contribution is 2.35. The highest BCUT2D eigenvalue weighted by Gasteiger charge is 2.35. The van der Waals surface area contributed by atoms with Crippen LogP contribution in [0, 0.1) is 11.3 Å². The molecule has 0 bridgehead atoms. The molecule has 0 aliphatic carbocycles. The molecule has 0 saturated heterocycles. The van der Waals surface area contributed by atoms with E-state index in [0.717, 1.165) is 12.1 Å². The molecule has 10 heteroatoms. The third kappa shape index (κ3) is 4.13. The number of carbonyl (C=O) groups is 1. The van der Waals surface area contributed by atoms with Crippen LogP contribution in [0.15, 0.2) is 18.2 Å². The molecule has 0 spiro atoms. The van der Waals surface area contributed by atoms with Crippen LogP contribution in [0.2, 0.25) is 0 Å². The standard InChI is InChI=1S/C10H7F3N2O4S/c11-10(12,13)7-3-6(4-14)1-2-8(7)15-20(18,19)5-9(16)17/h1-3,15H,5H2,(H,16,17).